The average Bonchev–Trinajstić information content (AvgIpc) is 1.97. The molecule has 0 saturated carbocycles. The fourth-order valence-electron chi connectivity index (χ4n) is 0.559. The summed E-state index contributed by atoms with van der Waals surface area (Å²) in [4.78, 5) is 21.2. The summed E-state index contributed by atoms with van der Waals surface area (Å²) in [7, 11) is 0. The van der Waals surface area contributed by atoms with Crippen molar-refractivity contribution < 1.29 is 4.39 Å². The molecule has 0 aliphatic rings. The third kappa shape index (κ3) is 0.955. The Bertz CT molecular complexity index is 358. The second kappa shape index (κ2) is 2.11. The number of hydrogen-bond donors (Lipinski definition) is 2. The highest BCUT2D eigenvalue weighted by atomic mass is 19.1. The zero-order valence-electron chi connectivity index (χ0n) is 5.32. The van der Waals surface area contributed by atoms with Gasteiger partial charge in [0.25, 0.3) is 0 Å². The first-order chi connectivity index (χ1) is 5.04. The molecule has 1 aromatic heterocycles. The van der Waals surface area contributed by atoms with Gasteiger partial charge in [0.05, 0.1) is 6.20 Å². The molecule has 0 fully saturated rings. The van der Waals surface area contributed by atoms with E-state index >= 15 is 0 Å². The van der Waals surface area contributed by atoms with E-state index in [9.17, 15) is 14.0 Å². The number of halogens is 1. The maximum atomic E-state index is 12.4. The van der Waals surface area contributed by atoms with Crippen molar-refractivity contribution in [2.45, 2.75) is 0 Å². The van der Waals surface area contributed by atoms with Gasteiger partial charge >= 0.3 is 11.2 Å². The molecule has 11 heavy (non-hydrogen) atoms. The van der Waals surface area contributed by atoms with Gasteiger partial charge in [-0.2, -0.15) is 9.07 Å². The van der Waals surface area contributed by atoms with Gasteiger partial charge in [-0.05, 0) is 0 Å². The molecule has 6 nitrogen and oxygen atoms in total. The van der Waals surface area contributed by atoms with Crippen LogP contribution in [0.1, 0.15) is 0 Å². The molecule has 0 atom stereocenters. The second-order valence-electron chi connectivity index (χ2n) is 1.84. The molecular weight excluding hydrogens is 155 g/mol. The average molecular weight is 160 g/mol. The van der Waals surface area contributed by atoms with Gasteiger partial charge in [-0.15, -0.1) is 0 Å². The molecule has 1 aromatic rings. The van der Waals surface area contributed by atoms with Crippen LogP contribution in [0, 0.1) is 5.82 Å². The quantitative estimate of drug-likeness (QED) is 0.412. The van der Waals surface area contributed by atoms with Crippen molar-refractivity contribution in [3.05, 3.63) is 32.9 Å². The first kappa shape index (κ1) is 7.32. The van der Waals surface area contributed by atoms with E-state index in [0.29, 0.717) is 10.9 Å². The molecule has 0 aliphatic heterocycles. The molecule has 0 unspecified atom stereocenters. The van der Waals surface area contributed by atoms with Crippen LogP contribution in [0.15, 0.2) is 15.8 Å². The fraction of sp³-hybridized carbons (Fsp3) is 0. The SMILES string of the molecule is Nn1cc(F)c(=O)n(N)c1=O. The predicted octanol–water partition coefficient (Wildman–Crippen LogP) is -2.42. The van der Waals surface area contributed by atoms with Crippen molar-refractivity contribution >= 4 is 0 Å². The van der Waals surface area contributed by atoms with Crippen LogP contribution in [0.2, 0.25) is 0 Å². The van der Waals surface area contributed by atoms with Gasteiger partial charge in [0.15, 0.2) is 0 Å². The summed E-state index contributed by atoms with van der Waals surface area (Å²) in [6, 6.07) is 0. The zero-order chi connectivity index (χ0) is 8.59. The van der Waals surface area contributed by atoms with Crippen LogP contribution in [0.25, 0.3) is 0 Å². The Labute approximate surface area is 59.4 Å². The highest BCUT2D eigenvalue weighted by molar-refractivity contribution is 4.89. The first-order valence-electron chi connectivity index (χ1n) is 2.58. The number of nitrogens with zero attached hydrogens (tertiary/aromatic N) is 2. The molecular formula is C4H5FN4O2. The number of aromatic nitrogens is 2. The van der Waals surface area contributed by atoms with E-state index in [2.05, 4.69) is 0 Å². The van der Waals surface area contributed by atoms with Gasteiger partial charge in [0.2, 0.25) is 5.82 Å². The molecule has 0 spiro atoms. The maximum Gasteiger partial charge on any atom is 0.368 e. The van der Waals surface area contributed by atoms with Crippen molar-refractivity contribution in [2.75, 3.05) is 11.7 Å². The lowest BCUT2D eigenvalue weighted by Gasteiger charge is -1.99. The third-order valence-corrected chi connectivity index (χ3v) is 1.10. The Morgan fingerprint density at radius 3 is 2.45 bits per heavy atom. The monoisotopic (exact) mass is 160 g/mol. The minimum Gasteiger partial charge on any atom is -0.335 e. The summed E-state index contributed by atoms with van der Waals surface area (Å²) in [5, 5.41) is 0. The predicted molar refractivity (Wildman–Crippen MR) is 35.2 cm³/mol. The summed E-state index contributed by atoms with van der Waals surface area (Å²) in [6.45, 7) is 0. The molecule has 60 valence electrons. The Hall–Kier alpha value is -1.79. The Kier molecular flexibility index (Phi) is 1.41. The molecule has 0 saturated heterocycles. The topological polar surface area (TPSA) is 96.0 Å². The highest BCUT2D eigenvalue weighted by Crippen LogP contribution is 1.78. The lowest BCUT2D eigenvalue weighted by atomic mass is 10.6. The number of nitrogen functional groups attached to an aromatic ring is 2. The first-order valence-corrected chi connectivity index (χ1v) is 2.58. The summed E-state index contributed by atoms with van der Waals surface area (Å²) in [5.74, 6) is 8.58. The largest absolute Gasteiger partial charge is 0.368 e. The van der Waals surface area contributed by atoms with Crippen LogP contribution in [0.4, 0.5) is 4.39 Å². The van der Waals surface area contributed by atoms with E-state index in [1.807, 2.05) is 0 Å². The molecule has 0 aromatic carbocycles. The molecule has 7 heteroatoms. The number of nitrogens with two attached hydrogens (primary N) is 2. The van der Waals surface area contributed by atoms with Crippen LogP contribution in [0.3, 0.4) is 0 Å². The van der Waals surface area contributed by atoms with Crippen molar-refractivity contribution in [3.63, 3.8) is 0 Å². The van der Waals surface area contributed by atoms with Crippen molar-refractivity contribution in [3.8, 4) is 0 Å². The van der Waals surface area contributed by atoms with Crippen molar-refractivity contribution in [1.29, 1.82) is 0 Å². The smallest absolute Gasteiger partial charge is 0.335 e. The van der Waals surface area contributed by atoms with E-state index in [1.54, 1.807) is 0 Å². The second-order valence-corrected chi connectivity index (χ2v) is 1.84. The van der Waals surface area contributed by atoms with Crippen LogP contribution in [0.5, 0.6) is 0 Å². The van der Waals surface area contributed by atoms with Gasteiger partial charge in [-0.1, -0.05) is 0 Å². The highest BCUT2D eigenvalue weighted by Gasteiger charge is 2.05. The normalized spacial score (nSPS) is 9.91. The fourth-order valence-corrected chi connectivity index (χ4v) is 0.559. The third-order valence-electron chi connectivity index (χ3n) is 1.10. The van der Waals surface area contributed by atoms with E-state index < -0.39 is 17.1 Å². The summed E-state index contributed by atoms with van der Waals surface area (Å²) in [5.41, 5.74) is -2.17. The van der Waals surface area contributed by atoms with E-state index in [1.165, 1.54) is 0 Å². The summed E-state index contributed by atoms with van der Waals surface area (Å²) in [6.07, 6.45) is 0.564. The van der Waals surface area contributed by atoms with Gasteiger partial charge < -0.3 is 11.7 Å². The Morgan fingerprint density at radius 2 is 1.91 bits per heavy atom. The number of rotatable bonds is 0. The molecule has 0 amide bonds. The Morgan fingerprint density at radius 1 is 1.36 bits per heavy atom. The molecule has 1 heterocycles. The minimum atomic E-state index is -1.20. The molecule has 4 N–H and O–H groups in total. The molecule has 0 aliphatic carbocycles. The number of hydrogen-bond acceptors (Lipinski definition) is 4. The standard InChI is InChI=1S/C4H5FN4O2/c5-2-1-8(6)4(11)9(7)3(2)10/h1H,6-7H2. The lowest BCUT2D eigenvalue weighted by Crippen LogP contribution is -2.47. The lowest BCUT2D eigenvalue weighted by molar-refractivity contribution is 0.560. The van der Waals surface area contributed by atoms with Gasteiger partial charge in [-0.3, -0.25) is 4.79 Å². The van der Waals surface area contributed by atoms with E-state index in [-0.39, 0.29) is 4.68 Å². The van der Waals surface area contributed by atoms with Crippen LogP contribution >= 0.6 is 0 Å². The molecule has 0 bridgehead atoms. The molecule has 0 radical (unpaired) electrons. The van der Waals surface area contributed by atoms with Gasteiger partial charge in [0.1, 0.15) is 0 Å². The minimum absolute atomic E-state index is 0.0926. The summed E-state index contributed by atoms with van der Waals surface area (Å²) < 4.78 is 12.8. The van der Waals surface area contributed by atoms with Gasteiger partial charge in [-0.25, -0.2) is 9.47 Å². The van der Waals surface area contributed by atoms with E-state index in [4.69, 9.17) is 11.7 Å². The summed E-state index contributed by atoms with van der Waals surface area (Å²) >= 11 is 0. The van der Waals surface area contributed by atoms with Crippen LogP contribution < -0.4 is 22.9 Å². The van der Waals surface area contributed by atoms with Crippen LogP contribution in [-0.4, -0.2) is 9.35 Å². The Balaban J connectivity index is 3.74. The van der Waals surface area contributed by atoms with Crippen LogP contribution in [-0.2, 0) is 0 Å². The molecule has 1 rings (SSSR count). The van der Waals surface area contributed by atoms with Crippen molar-refractivity contribution in [1.82, 2.24) is 9.35 Å². The maximum absolute atomic E-state index is 12.4. The zero-order valence-corrected chi connectivity index (χ0v) is 5.32. The van der Waals surface area contributed by atoms with Gasteiger partial charge in [0, 0.05) is 0 Å². The van der Waals surface area contributed by atoms with E-state index in [0.717, 1.165) is 0 Å². The van der Waals surface area contributed by atoms with Crippen molar-refractivity contribution in [2.24, 2.45) is 0 Å².